The first kappa shape index (κ1) is 12.9. The molecule has 0 spiro atoms. The number of aromatic nitrogens is 1. The lowest BCUT2D eigenvalue weighted by Gasteiger charge is -2.14. The molecule has 1 aromatic heterocycles. The average Bonchev–Trinajstić information content (AvgIpc) is 2.38. The molecular weight excluding hydrogens is 238 g/mol. The van der Waals surface area contributed by atoms with Crippen molar-refractivity contribution in [2.75, 3.05) is 13.2 Å². The number of aliphatic hydroxyl groups is 1. The minimum atomic E-state index is -3.07. The van der Waals surface area contributed by atoms with Gasteiger partial charge < -0.3 is 10.4 Å². The zero-order valence-electron chi connectivity index (χ0n) is 9.74. The van der Waals surface area contributed by atoms with Crippen LogP contribution in [0.3, 0.4) is 0 Å². The van der Waals surface area contributed by atoms with Gasteiger partial charge in [0.25, 0.3) is 5.92 Å². The Morgan fingerprint density at radius 3 is 2.89 bits per heavy atom. The maximum Gasteiger partial charge on any atom is 0.282 e. The summed E-state index contributed by atoms with van der Waals surface area (Å²) in [5, 5.41) is 12.0. The maximum atomic E-state index is 12.8. The first-order valence-electron chi connectivity index (χ1n) is 5.64. The van der Waals surface area contributed by atoms with Crippen LogP contribution in [0.2, 0.25) is 0 Å². The van der Waals surface area contributed by atoms with Crippen molar-refractivity contribution >= 4 is 10.9 Å². The number of benzene rings is 1. The number of hydrogen-bond donors (Lipinski definition) is 2. The molecule has 0 saturated carbocycles. The molecular formula is C13H14F2N2O. The van der Waals surface area contributed by atoms with Gasteiger partial charge in [0, 0.05) is 18.1 Å². The lowest BCUT2D eigenvalue weighted by atomic mass is 10.1. The fourth-order valence-electron chi connectivity index (χ4n) is 1.68. The van der Waals surface area contributed by atoms with Crippen LogP contribution in [0.1, 0.15) is 5.56 Å². The zero-order chi connectivity index (χ0) is 13.0. The molecule has 1 heterocycles. The third-order valence-electron chi connectivity index (χ3n) is 2.61. The number of rotatable bonds is 5. The summed E-state index contributed by atoms with van der Waals surface area (Å²) in [6.45, 7) is -1.34. The molecule has 0 bridgehead atoms. The number of nitrogens with one attached hydrogen (secondary N) is 1. The SMILES string of the molecule is OCC(F)(F)CNCc1ccc2ncccc2c1. The normalized spacial score (nSPS) is 11.9. The molecule has 3 nitrogen and oxygen atoms in total. The Hall–Kier alpha value is -1.59. The summed E-state index contributed by atoms with van der Waals surface area (Å²) in [6.07, 6.45) is 1.71. The molecule has 0 atom stereocenters. The lowest BCUT2D eigenvalue weighted by molar-refractivity contribution is -0.0477. The Labute approximate surface area is 103 Å². The Morgan fingerprint density at radius 1 is 1.28 bits per heavy atom. The van der Waals surface area contributed by atoms with E-state index in [4.69, 9.17) is 5.11 Å². The van der Waals surface area contributed by atoms with E-state index in [0.717, 1.165) is 16.5 Å². The van der Waals surface area contributed by atoms with Crippen molar-refractivity contribution in [1.82, 2.24) is 10.3 Å². The van der Waals surface area contributed by atoms with Crippen LogP contribution >= 0.6 is 0 Å². The molecule has 0 aliphatic carbocycles. The molecule has 0 amide bonds. The average molecular weight is 252 g/mol. The standard InChI is InChI=1S/C13H14F2N2O/c14-13(15,9-18)8-16-7-10-3-4-12-11(6-10)2-1-5-17-12/h1-6,16,18H,7-9H2. The molecule has 0 fully saturated rings. The summed E-state index contributed by atoms with van der Waals surface area (Å²) < 4.78 is 25.6. The van der Waals surface area contributed by atoms with Crippen LogP contribution in [0.4, 0.5) is 8.78 Å². The van der Waals surface area contributed by atoms with Crippen molar-refractivity contribution in [3.05, 3.63) is 42.1 Å². The molecule has 2 aromatic rings. The molecule has 18 heavy (non-hydrogen) atoms. The molecule has 0 saturated heterocycles. The zero-order valence-corrected chi connectivity index (χ0v) is 9.74. The number of pyridine rings is 1. The van der Waals surface area contributed by atoms with Gasteiger partial charge in [-0.05, 0) is 23.8 Å². The highest BCUT2D eigenvalue weighted by molar-refractivity contribution is 5.78. The molecule has 0 aliphatic heterocycles. The molecule has 1 aromatic carbocycles. The minimum Gasteiger partial charge on any atom is -0.390 e. The highest BCUT2D eigenvalue weighted by Gasteiger charge is 2.26. The second kappa shape index (κ2) is 5.37. The number of hydrogen-bond acceptors (Lipinski definition) is 3. The highest BCUT2D eigenvalue weighted by atomic mass is 19.3. The van der Waals surface area contributed by atoms with Gasteiger partial charge in [-0.2, -0.15) is 0 Å². The molecule has 0 aliphatic rings. The summed E-state index contributed by atoms with van der Waals surface area (Å²) in [4.78, 5) is 4.18. The van der Waals surface area contributed by atoms with Crippen molar-refractivity contribution < 1.29 is 13.9 Å². The van der Waals surface area contributed by atoms with E-state index in [1.165, 1.54) is 0 Å². The highest BCUT2D eigenvalue weighted by Crippen LogP contribution is 2.14. The van der Waals surface area contributed by atoms with Crippen LogP contribution in [0.25, 0.3) is 10.9 Å². The summed E-state index contributed by atoms with van der Waals surface area (Å²) in [7, 11) is 0. The predicted molar refractivity (Wildman–Crippen MR) is 65.5 cm³/mol. The van der Waals surface area contributed by atoms with Crippen molar-refractivity contribution in [2.45, 2.75) is 12.5 Å². The number of aliphatic hydroxyl groups excluding tert-OH is 1. The number of nitrogens with zero attached hydrogens (tertiary/aromatic N) is 1. The van der Waals surface area contributed by atoms with Crippen LogP contribution in [0.15, 0.2) is 36.5 Å². The molecule has 0 radical (unpaired) electrons. The van der Waals surface area contributed by atoms with Gasteiger partial charge in [0.05, 0.1) is 12.1 Å². The molecule has 5 heteroatoms. The molecule has 96 valence electrons. The fraction of sp³-hybridized carbons (Fsp3) is 0.308. The van der Waals surface area contributed by atoms with Crippen LogP contribution < -0.4 is 5.32 Å². The second-order valence-electron chi connectivity index (χ2n) is 4.15. The Bertz CT molecular complexity index is 531. The van der Waals surface area contributed by atoms with Gasteiger partial charge in [-0.15, -0.1) is 0 Å². The van der Waals surface area contributed by atoms with Gasteiger partial charge in [0.15, 0.2) is 0 Å². The Kier molecular flexibility index (Phi) is 3.84. The van der Waals surface area contributed by atoms with E-state index in [9.17, 15) is 8.78 Å². The number of alkyl halides is 2. The van der Waals surface area contributed by atoms with Crippen molar-refractivity contribution in [3.63, 3.8) is 0 Å². The van der Waals surface area contributed by atoms with Gasteiger partial charge in [-0.25, -0.2) is 8.78 Å². The van der Waals surface area contributed by atoms with E-state index in [2.05, 4.69) is 10.3 Å². The van der Waals surface area contributed by atoms with Crippen LogP contribution in [0, 0.1) is 0 Å². The summed E-state index contributed by atoms with van der Waals surface area (Å²) in [6, 6.07) is 9.37. The summed E-state index contributed by atoms with van der Waals surface area (Å²) in [5.41, 5.74) is 1.78. The third-order valence-corrected chi connectivity index (χ3v) is 2.61. The van der Waals surface area contributed by atoms with E-state index in [1.54, 1.807) is 6.20 Å². The van der Waals surface area contributed by atoms with Gasteiger partial charge in [0.1, 0.15) is 6.61 Å². The lowest BCUT2D eigenvalue weighted by Crippen LogP contribution is -2.35. The summed E-state index contributed by atoms with van der Waals surface area (Å²) in [5.74, 6) is -3.07. The minimum absolute atomic E-state index is 0.334. The van der Waals surface area contributed by atoms with E-state index < -0.39 is 19.1 Å². The van der Waals surface area contributed by atoms with Crippen molar-refractivity contribution in [1.29, 1.82) is 0 Å². The topological polar surface area (TPSA) is 45.1 Å². The van der Waals surface area contributed by atoms with Crippen LogP contribution in [-0.4, -0.2) is 29.2 Å². The van der Waals surface area contributed by atoms with E-state index >= 15 is 0 Å². The molecule has 2 N–H and O–H groups in total. The smallest absolute Gasteiger partial charge is 0.282 e. The summed E-state index contributed by atoms with van der Waals surface area (Å²) >= 11 is 0. The van der Waals surface area contributed by atoms with E-state index in [0.29, 0.717) is 6.54 Å². The van der Waals surface area contributed by atoms with Gasteiger partial charge in [-0.1, -0.05) is 12.1 Å². The quantitative estimate of drug-likeness (QED) is 0.855. The largest absolute Gasteiger partial charge is 0.390 e. The number of fused-ring (bicyclic) bond motifs is 1. The second-order valence-corrected chi connectivity index (χ2v) is 4.15. The monoisotopic (exact) mass is 252 g/mol. The number of halogens is 2. The first-order chi connectivity index (χ1) is 8.61. The van der Waals surface area contributed by atoms with E-state index in [-0.39, 0.29) is 0 Å². The van der Waals surface area contributed by atoms with Gasteiger partial charge >= 0.3 is 0 Å². The maximum absolute atomic E-state index is 12.8. The van der Waals surface area contributed by atoms with Crippen molar-refractivity contribution in [3.8, 4) is 0 Å². The van der Waals surface area contributed by atoms with Gasteiger partial charge in [0.2, 0.25) is 0 Å². The van der Waals surface area contributed by atoms with E-state index in [1.807, 2.05) is 30.3 Å². The predicted octanol–water partition coefficient (Wildman–Crippen LogP) is 1.95. The van der Waals surface area contributed by atoms with Crippen molar-refractivity contribution in [2.24, 2.45) is 0 Å². The van der Waals surface area contributed by atoms with Crippen LogP contribution in [0.5, 0.6) is 0 Å². The third kappa shape index (κ3) is 3.21. The molecule has 2 rings (SSSR count). The van der Waals surface area contributed by atoms with Gasteiger partial charge in [-0.3, -0.25) is 4.98 Å². The Balaban J connectivity index is 2.00. The Morgan fingerprint density at radius 2 is 2.11 bits per heavy atom. The first-order valence-corrected chi connectivity index (χ1v) is 5.64. The van der Waals surface area contributed by atoms with Crippen LogP contribution in [-0.2, 0) is 6.54 Å². The molecule has 0 unspecified atom stereocenters. The fourth-order valence-corrected chi connectivity index (χ4v) is 1.68.